The van der Waals surface area contributed by atoms with E-state index in [9.17, 15) is 8.42 Å². The first-order valence-electron chi connectivity index (χ1n) is 9.89. The van der Waals surface area contributed by atoms with Gasteiger partial charge in [-0.15, -0.1) is 0 Å². The quantitative estimate of drug-likeness (QED) is 0.338. The number of rotatable bonds is 6. The number of fused-ring (bicyclic) bond motifs is 3. The van der Waals surface area contributed by atoms with Crippen LogP contribution in [0.1, 0.15) is 26.2 Å². The summed E-state index contributed by atoms with van der Waals surface area (Å²) < 4.78 is 26.0. The van der Waals surface area contributed by atoms with Gasteiger partial charge in [-0.05, 0) is 30.0 Å². The molecule has 5 heteroatoms. The Morgan fingerprint density at radius 2 is 1.45 bits per heavy atom. The van der Waals surface area contributed by atoms with Crippen LogP contribution in [-0.2, 0) is 10.0 Å². The molecule has 0 amide bonds. The molecule has 0 atom stereocenters. The van der Waals surface area contributed by atoms with Crippen LogP contribution in [0.2, 0.25) is 0 Å². The highest BCUT2D eigenvalue weighted by Gasteiger charge is 2.11. The average molecular weight is 407 g/mol. The number of unbranched alkanes of at least 4 members (excludes halogenated alkanes) is 2. The Morgan fingerprint density at radius 1 is 0.793 bits per heavy atom. The Morgan fingerprint density at radius 3 is 2.21 bits per heavy atom. The largest absolute Gasteiger partial charge is 0.256 e. The zero-order valence-electron chi connectivity index (χ0n) is 16.6. The first-order valence-corrected chi connectivity index (χ1v) is 11.4. The number of nitrogens with zero attached hydrogens (tertiary/aromatic N) is 1. The van der Waals surface area contributed by atoms with E-state index in [1.807, 2.05) is 24.4 Å². The van der Waals surface area contributed by atoms with Crippen LogP contribution in [-0.4, -0.2) is 19.9 Å². The molecule has 0 spiro atoms. The maximum atomic E-state index is 11.7. The molecule has 1 aromatic heterocycles. The van der Waals surface area contributed by atoms with Crippen molar-refractivity contribution in [3.8, 4) is 0 Å². The Balaban J connectivity index is 0.000000166. The highest BCUT2D eigenvalue weighted by molar-refractivity contribution is 7.89. The second-order valence-corrected chi connectivity index (χ2v) is 8.55. The van der Waals surface area contributed by atoms with Gasteiger partial charge in [-0.25, -0.2) is 13.1 Å². The average Bonchev–Trinajstić information content (AvgIpc) is 2.78. The fraction of sp³-hybridized carbons (Fsp3) is 0.208. The molecule has 29 heavy (non-hydrogen) atoms. The van der Waals surface area contributed by atoms with Crippen molar-refractivity contribution in [3.05, 3.63) is 85.1 Å². The molecule has 0 bridgehead atoms. The predicted octanol–water partition coefficient (Wildman–Crippen LogP) is 5.54. The van der Waals surface area contributed by atoms with Crippen LogP contribution in [0.5, 0.6) is 0 Å². The van der Waals surface area contributed by atoms with Gasteiger partial charge in [0, 0.05) is 23.5 Å². The maximum absolute atomic E-state index is 11.7. The van der Waals surface area contributed by atoms with Crippen molar-refractivity contribution in [2.24, 2.45) is 0 Å². The highest BCUT2D eigenvalue weighted by Crippen LogP contribution is 2.22. The number of para-hydroxylation sites is 1. The van der Waals surface area contributed by atoms with Gasteiger partial charge in [0.2, 0.25) is 10.0 Å². The number of sulfonamides is 1. The van der Waals surface area contributed by atoms with Gasteiger partial charge in [0.1, 0.15) is 0 Å². The normalized spacial score (nSPS) is 11.2. The van der Waals surface area contributed by atoms with Crippen molar-refractivity contribution >= 4 is 31.7 Å². The van der Waals surface area contributed by atoms with Crippen LogP contribution in [0, 0.1) is 0 Å². The Kier molecular flexibility index (Phi) is 7.33. The minimum absolute atomic E-state index is 0.335. The summed E-state index contributed by atoms with van der Waals surface area (Å²) in [7, 11) is -3.29. The molecule has 0 aliphatic rings. The summed E-state index contributed by atoms with van der Waals surface area (Å²) in [6.45, 7) is 2.61. The number of hydrogen-bond acceptors (Lipinski definition) is 3. The third kappa shape index (κ3) is 5.62. The second-order valence-electron chi connectivity index (χ2n) is 6.78. The summed E-state index contributed by atoms with van der Waals surface area (Å²) >= 11 is 0. The second kappa shape index (κ2) is 10.1. The fourth-order valence-electron chi connectivity index (χ4n) is 3.07. The van der Waals surface area contributed by atoms with E-state index in [2.05, 4.69) is 47.0 Å². The van der Waals surface area contributed by atoms with Crippen molar-refractivity contribution in [2.45, 2.75) is 31.1 Å². The van der Waals surface area contributed by atoms with E-state index in [0.717, 1.165) is 24.8 Å². The Bertz CT molecular complexity index is 1100. The predicted molar refractivity (Wildman–Crippen MR) is 120 cm³/mol. The van der Waals surface area contributed by atoms with Crippen LogP contribution < -0.4 is 4.72 Å². The molecular formula is C24H26N2O2S. The van der Waals surface area contributed by atoms with Gasteiger partial charge < -0.3 is 0 Å². The van der Waals surface area contributed by atoms with E-state index >= 15 is 0 Å². The SMILES string of the molecule is CCCCCNS(=O)(=O)c1ccccc1.c1ccc2c(c1)cnc1ccccc12. The molecule has 4 nitrogen and oxygen atoms in total. The van der Waals surface area contributed by atoms with Crippen molar-refractivity contribution in [3.63, 3.8) is 0 Å². The number of nitrogens with one attached hydrogen (secondary N) is 1. The van der Waals surface area contributed by atoms with Gasteiger partial charge in [0.05, 0.1) is 10.4 Å². The van der Waals surface area contributed by atoms with Crippen LogP contribution in [0.3, 0.4) is 0 Å². The number of aromatic nitrogens is 1. The summed E-state index contributed by atoms with van der Waals surface area (Å²) in [6.07, 6.45) is 4.96. The summed E-state index contributed by atoms with van der Waals surface area (Å²) in [6, 6.07) is 25.0. The van der Waals surface area contributed by atoms with Gasteiger partial charge in [0.15, 0.2) is 0 Å². The van der Waals surface area contributed by atoms with E-state index in [1.54, 1.807) is 30.3 Å². The number of hydrogen-bond donors (Lipinski definition) is 1. The van der Waals surface area contributed by atoms with Gasteiger partial charge >= 0.3 is 0 Å². The van der Waals surface area contributed by atoms with Crippen LogP contribution >= 0.6 is 0 Å². The molecule has 1 N–H and O–H groups in total. The molecule has 0 aliphatic heterocycles. The molecular weight excluding hydrogens is 380 g/mol. The lowest BCUT2D eigenvalue weighted by atomic mass is 10.1. The van der Waals surface area contributed by atoms with E-state index < -0.39 is 10.0 Å². The monoisotopic (exact) mass is 406 g/mol. The molecule has 0 radical (unpaired) electrons. The third-order valence-corrected chi connectivity index (χ3v) is 6.10. The first-order chi connectivity index (χ1) is 14.1. The van der Waals surface area contributed by atoms with Gasteiger partial charge in [-0.3, -0.25) is 4.98 Å². The van der Waals surface area contributed by atoms with Crippen LogP contribution in [0.4, 0.5) is 0 Å². The van der Waals surface area contributed by atoms with E-state index in [4.69, 9.17) is 0 Å². The molecule has 3 aromatic carbocycles. The van der Waals surface area contributed by atoms with Crippen molar-refractivity contribution < 1.29 is 8.42 Å². The highest BCUT2D eigenvalue weighted by atomic mass is 32.2. The van der Waals surface area contributed by atoms with Crippen LogP contribution in [0.15, 0.2) is 90.0 Å². The minimum Gasteiger partial charge on any atom is -0.256 e. The summed E-state index contributed by atoms with van der Waals surface area (Å²) in [5, 5.41) is 3.70. The molecule has 0 saturated carbocycles. The van der Waals surface area contributed by atoms with Gasteiger partial charge in [0.25, 0.3) is 0 Å². The lowest BCUT2D eigenvalue weighted by Crippen LogP contribution is -2.24. The molecule has 150 valence electrons. The molecule has 4 aromatic rings. The minimum atomic E-state index is -3.29. The van der Waals surface area contributed by atoms with Gasteiger partial charge in [-0.1, -0.05) is 80.4 Å². The van der Waals surface area contributed by atoms with Crippen molar-refractivity contribution in [1.82, 2.24) is 9.71 Å². The molecule has 0 saturated heterocycles. The van der Waals surface area contributed by atoms with E-state index in [-0.39, 0.29) is 0 Å². The lowest BCUT2D eigenvalue weighted by molar-refractivity contribution is 0.576. The number of benzene rings is 3. The van der Waals surface area contributed by atoms with E-state index in [0.29, 0.717) is 11.4 Å². The maximum Gasteiger partial charge on any atom is 0.240 e. The summed E-state index contributed by atoms with van der Waals surface area (Å²) in [5.74, 6) is 0. The summed E-state index contributed by atoms with van der Waals surface area (Å²) in [5.41, 5.74) is 1.06. The van der Waals surface area contributed by atoms with Gasteiger partial charge in [-0.2, -0.15) is 0 Å². The fourth-order valence-corrected chi connectivity index (χ4v) is 4.17. The molecule has 0 fully saturated rings. The zero-order valence-corrected chi connectivity index (χ0v) is 17.4. The van der Waals surface area contributed by atoms with Crippen molar-refractivity contribution in [2.75, 3.05) is 6.54 Å². The number of pyridine rings is 1. The summed E-state index contributed by atoms with van der Waals surface area (Å²) in [4.78, 5) is 4.74. The van der Waals surface area contributed by atoms with Crippen molar-refractivity contribution in [1.29, 1.82) is 0 Å². The molecule has 0 aliphatic carbocycles. The first kappa shape index (κ1) is 21.0. The Labute approximate surface area is 172 Å². The molecule has 0 unspecified atom stereocenters. The Hall–Kier alpha value is -2.76. The molecule has 1 heterocycles. The lowest BCUT2D eigenvalue weighted by Gasteiger charge is -2.05. The topological polar surface area (TPSA) is 59.1 Å². The van der Waals surface area contributed by atoms with Crippen LogP contribution in [0.25, 0.3) is 21.7 Å². The standard InChI is InChI=1S/C13H9N.C11H17NO2S/c1-2-6-11-10(5-1)9-14-13-8-4-3-7-12(11)13;1-2-3-7-10-12-15(13,14)11-8-5-4-6-9-11/h1-9H;4-6,8-9,12H,2-3,7,10H2,1H3. The smallest absolute Gasteiger partial charge is 0.240 e. The third-order valence-electron chi connectivity index (χ3n) is 4.62. The van der Waals surface area contributed by atoms with E-state index in [1.165, 1.54) is 16.2 Å². The zero-order chi connectivity index (χ0) is 20.5. The molecule has 4 rings (SSSR count).